The maximum atomic E-state index is 12.9. The molecule has 2 amide bonds. The van der Waals surface area contributed by atoms with E-state index >= 15 is 0 Å². The minimum absolute atomic E-state index is 0.103. The average Bonchev–Trinajstić information content (AvgIpc) is 2.79. The number of carbonyl (C=O) groups is 3. The van der Waals surface area contributed by atoms with E-state index in [2.05, 4.69) is 10.3 Å². The van der Waals surface area contributed by atoms with Crippen molar-refractivity contribution in [1.29, 1.82) is 0 Å². The Kier molecular flexibility index (Phi) is 8.30. The Labute approximate surface area is 196 Å². The Morgan fingerprint density at radius 1 is 1.19 bits per heavy atom. The topological polar surface area (TPSA) is 88.1 Å². The molecule has 0 aliphatic carbocycles. The number of esters is 1. The molecule has 1 fully saturated rings. The van der Waals surface area contributed by atoms with Gasteiger partial charge in [-0.25, -0.2) is 9.79 Å². The van der Waals surface area contributed by atoms with Gasteiger partial charge in [-0.1, -0.05) is 35.5 Å². The summed E-state index contributed by atoms with van der Waals surface area (Å²) in [7, 11) is 1.55. The Balaban J connectivity index is 1.83. The smallest absolute Gasteiger partial charge is 0.338 e. The van der Waals surface area contributed by atoms with Crippen molar-refractivity contribution >= 4 is 52.0 Å². The van der Waals surface area contributed by atoms with E-state index in [9.17, 15) is 14.4 Å². The predicted molar refractivity (Wildman–Crippen MR) is 126 cm³/mol. The number of nitrogens with one attached hydrogen (secondary N) is 1. The first-order valence-corrected chi connectivity index (χ1v) is 11.5. The number of rotatable bonds is 7. The summed E-state index contributed by atoms with van der Waals surface area (Å²) >= 11 is 7.21. The van der Waals surface area contributed by atoms with Crippen molar-refractivity contribution in [2.75, 3.05) is 20.2 Å². The maximum Gasteiger partial charge on any atom is 0.338 e. The van der Waals surface area contributed by atoms with E-state index in [1.165, 1.54) is 11.8 Å². The monoisotopic (exact) mass is 473 g/mol. The molecule has 0 saturated carbocycles. The van der Waals surface area contributed by atoms with Gasteiger partial charge in [-0.2, -0.15) is 0 Å². The van der Waals surface area contributed by atoms with Gasteiger partial charge in [-0.15, -0.1) is 0 Å². The molecule has 1 unspecified atom stereocenters. The molecule has 1 N–H and O–H groups in total. The van der Waals surface area contributed by atoms with Gasteiger partial charge in [0.25, 0.3) is 0 Å². The molecule has 2 aromatic carbocycles. The number of benzene rings is 2. The lowest BCUT2D eigenvalue weighted by Crippen LogP contribution is -2.46. The fraction of sp³-hybridized carbons (Fsp3) is 0.304. The zero-order valence-electron chi connectivity index (χ0n) is 17.8. The second kappa shape index (κ2) is 11.2. The minimum Gasteiger partial charge on any atom is -0.462 e. The fourth-order valence-corrected chi connectivity index (χ4v) is 4.42. The molecule has 1 saturated heterocycles. The highest BCUT2D eigenvalue weighted by Crippen LogP contribution is 2.29. The zero-order chi connectivity index (χ0) is 23.1. The number of nitrogens with zero attached hydrogens (tertiary/aromatic N) is 2. The van der Waals surface area contributed by atoms with Gasteiger partial charge in [-0.05, 0) is 55.3 Å². The molecule has 1 atom stereocenters. The summed E-state index contributed by atoms with van der Waals surface area (Å²) in [6, 6.07) is 14.1. The van der Waals surface area contributed by atoms with Crippen LogP contribution in [0.1, 0.15) is 29.3 Å². The van der Waals surface area contributed by atoms with E-state index in [0.29, 0.717) is 41.0 Å². The van der Waals surface area contributed by atoms with Crippen molar-refractivity contribution in [3.63, 3.8) is 0 Å². The van der Waals surface area contributed by atoms with Crippen molar-refractivity contribution in [3.05, 3.63) is 64.7 Å². The first kappa shape index (κ1) is 23.8. The van der Waals surface area contributed by atoms with Gasteiger partial charge in [0.2, 0.25) is 11.8 Å². The Bertz CT molecular complexity index is 1010. The molecular weight excluding hydrogens is 450 g/mol. The van der Waals surface area contributed by atoms with E-state index in [1.54, 1.807) is 43.1 Å². The number of halogens is 1. The van der Waals surface area contributed by atoms with Gasteiger partial charge in [0.05, 0.1) is 23.1 Å². The van der Waals surface area contributed by atoms with Crippen LogP contribution < -0.4 is 5.32 Å². The summed E-state index contributed by atoms with van der Waals surface area (Å²) in [5.41, 5.74) is 2.03. The molecule has 0 spiro atoms. The third kappa shape index (κ3) is 6.11. The summed E-state index contributed by atoms with van der Waals surface area (Å²) in [4.78, 5) is 43.2. The number of amidine groups is 1. The number of aliphatic imine (C=N–C) groups is 1. The molecule has 3 rings (SSSR count). The van der Waals surface area contributed by atoms with Crippen molar-refractivity contribution < 1.29 is 19.1 Å². The van der Waals surface area contributed by atoms with E-state index in [-0.39, 0.29) is 18.2 Å². The number of ether oxygens (including phenoxy) is 1. The normalized spacial score (nSPS) is 17.3. The van der Waals surface area contributed by atoms with Crippen LogP contribution in [0.5, 0.6) is 0 Å². The highest BCUT2D eigenvalue weighted by Gasteiger charge is 2.35. The average molecular weight is 474 g/mol. The second-order valence-corrected chi connectivity index (χ2v) is 8.61. The number of amides is 2. The van der Waals surface area contributed by atoms with Crippen molar-refractivity contribution in [2.45, 2.75) is 25.0 Å². The van der Waals surface area contributed by atoms with Crippen LogP contribution in [-0.2, 0) is 20.7 Å². The molecule has 7 nitrogen and oxygen atoms in total. The van der Waals surface area contributed by atoms with Crippen LogP contribution in [0.4, 0.5) is 5.69 Å². The summed E-state index contributed by atoms with van der Waals surface area (Å²) in [6.45, 7) is 2.47. The Morgan fingerprint density at radius 2 is 1.88 bits per heavy atom. The van der Waals surface area contributed by atoms with Crippen LogP contribution in [0.15, 0.2) is 53.5 Å². The largest absolute Gasteiger partial charge is 0.462 e. The standard InChI is InChI=1S/C23H24ClN3O4S/c1-3-31-22(30)16-6-10-18(11-7-16)26-23-27(13-12-15-4-8-17(24)9-5-15)20(28)14-19(32-23)21(29)25-2/h4-11,19H,3,12-14H2,1-2H3,(H,25,29). The van der Waals surface area contributed by atoms with E-state index in [0.717, 1.165) is 5.56 Å². The highest BCUT2D eigenvalue weighted by atomic mass is 35.5. The highest BCUT2D eigenvalue weighted by molar-refractivity contribution is 8.15. The number of thioether (sulfide) groups is 1. The summed E-state index contributed by atoms with van der Waals surface area (Å²) in [6.07, 6.45) is 0.723. The molecule has 2 aromatic rings. The van der Waals surface area contributed by atoms with Gasteiger partial charge < -0.3 is 10.1 Å². The third-order valence-corrected chi connectivity index (χ3v) is 6.26. The molecule has 1 aliphatic heterocycles. The van der Waals surface area contributed by atoms with Crippen LogP contribution in [0.3, 0.4) is 0 Å². The SMILES string of the molecule is CCOC(=O)c1ccc(N=C2SC(C(=O)NC)CC(=O)N2CCc2ccc(Cl)cc2)cc1. The Morgan fingerprint density at radius 3 is 2.50 bits per heavy atom. The summed E-state index contributed by atoms with van der Waals surface area (Å²) in [5, 5.41) is 3.16. The van der Waals surface area contributed by atoms with Crippen LogP contribution in [0.25, 0.3) is 0 Å². The molecule has 9 heteroatoms. The van der Waals surface area contributed by atoms with Crippen LogP contribution in [0.2, 0.25) is 5.02 Å². The van der Waals surface area contributed by atoms with Crippen molar-refractivity contribution in [1.82, 2.24) is 10.2 Å². The lowest BCUT2D eigenvalue weighted by atomic mass is 10.1. The molecule has 0 aromatic heterocycles. The van der Waals surface area contributed by atoms with E-state index < -0.39 is 11.2 Å². The van der Waals surface area contributed by atoms with Crippen molar-refractivity contribution in [2.24, 2.45) is 4.99 Å². The third-order valence-electron chi connectivity index (χ3n) is 4.82. The molecule has 1 heterocycles. The maximum absolute atomic E-state index is 12.9. The van der Waals surface area contributed by atoms with Gasteiger partial charge >= 0.3 is 5.97 Å². The number of hydrogen-bond acceptors (Lipinski definition) is 6. The van der Waals surface area contributed by atoms with Crippen LogP contribution >= 0.6 is 23.4 Å². The minimum atomic E-state index is -0.545. The van der Waals surface area contributed by atoms with Gasteiger partial charge in [-0.3, -0.25) is 14.5 Å². The number of hydrogen-bond donors (Lipinski definition) is 1. The van der Waals surface area contributed by atoms with Crippen molar-refractivity contribution in [3.8, 4) is 0 Å². The summed E-state index contributed by atoms with van der Waals surface area (Å²) < 4.78 is 5.00. The summed E-state index contributed by atoms with van der Waals surface area (Å²) in [5.74, 6) is -0.780. The van der Waals surface area contributed by atoms with Gasteiger partial charge in [0, 0.05) is 25.0 Å². The van der Waals surface area contributed by atoms with Crippen LogP contribution in [-0.4, -0.2) is 53.3 Å². The fourth-order valence-electron chi connectivity index (χ4n) is 3.11. The first-order chi connectivity index (χ1) is 15.4. The molecule has 168 valence electrons. The zero-order valence-corrected chi connectivity index (χ0v) is 19.4. The van der Waals surface area contributed by atoms with E-state index in [1.807, 2.05) is 24.3 Å². The second-order valence-electron chi connectivity index (χ2n) is 7.01. The Hall–Kier alpha value is -2.84. The van der Waals surface area contributed by atoms with Gasteiger partial charge in [0.15, 0.2) is 5.17 Å². The first-order valence-electron chi connectivity index (χ1n) is 10.2. The van der Waals surface area contributed by atoms with Gasteiger partial charge in [0.1, 0.15) is 0 Å². The number of carbonyl (C=O) groups excluding carboxylic acids is 3. The molecule has 0 bridgehead atoms. The molecule has 32 heavy (non-hydrogen) atoms. The molecule has 1 aliphatic rings. The van der Waals surface area contributed by atoms with Crippen LogP contribution in [0, 0.1) is 0 Å². The molecular formula is C23H24ClN3O4S. The lowest BCUT2D eigenvalue weighted by Gasteiger charge is -2.31. The molecule has 0 radical (unpaired) electrons. The van der Waals surface area contributed by atoms with E-state index in [4.69, 9.17) is 16.3 Å². The predicted octanol–water partition coefficient (Wildman–Crippen LogP) is 3.83. The lowest BCUT2D eigenvalue weighted by molar-refractivity contribution is -0.130. The quantitative estimate of drug-likeness (QED) is 0.617.